The molecule has 1 fully saturated rings. The Hall–Kier alpha value is -1.81. The number of carbonyl (C=O) groups is 1. The van der Waals surface area contributed by atoms with Crippen molar-refractivity contribution < 1.29 is 14.8 Å². The molecule has 1 aromatic heterocycles. The summed E-state index contributed by atoms with van der Waals surface area (Å²) in [6.45, 7) is 0. The van der Waals surface area contributed by atoms with Gasteiger partial charge in [-0.2, -0.15) is 0 Å². The van der Waals surface area contributed by atoms with Crippen LogP contribution in [0.5, 0.6) is 0 Å². The first kappa shape index (κ1) is 12.9. The normalized spacial score (nSPS) is 23.4. The first-order valence-corrected chi connectivity index (χ1v) is 7.77. The number of hydrogen-bond donors (Lipinski definition) is 2. The van der Waals surface area contributed by atoms with E-state index in [1.165, 1.54) is 42.1 Å². The second-order valence-electron chi connectivity index (χ2n) is 6.39. The van der Waals surface area contributed by atoms with Gasteiger partial charge in [0, 0.05) is 30.2 Å². The molecular formula is C17H21N2O2+. The maximum Gasteiger partial charge on any atom is 0.364 e. The minimum atomic E-state index is -0.111. The Labute approximate surface area is 123 Å². The molecule has 110 valence electrons. The molecule has 1 spiro atoms. The molecule has 0 saturated heterocycles. The zero-order valence-electron chi connectivity index (χ0n) is 12.3. The minimum absolute atomic E-state index is 0.0471. The number of hydrogen-bond acceptors (Lipinski definition) is 2. The Balaban J connectivity index is 1.89. The smallest absolute Gasteiger partial charge is 0.364 e. The van der Waals surface area contributed by atoms with Gasteiger partial charge in [-0.15, -0.1) is 0 Å². The number of H-pyrrole nitrogens is 1. The predicted molar refractivity (Wildman–Crippen MR) is 79.9 cm³/mol. The van der Waals surface area contributed by atoms with Crippen LogP contribution in [0.1, 0.15) is 36.9 Å². The summed E-state index contributed by atoms with van der Waals surface area (Å²) in [5.41, 5.74) is 3.91. The number of ether oxygens (including phenoxy) is 1. The number of carbonyl (C=O) groups excluding carboxylic acids is 1. The van der Waals surface area contributed by atoms with Gasteiger partial charge in [0.05, 0.1) is 12.8 Å². The van der Waals surface area contributed by atoms with Crippen molar-refractivity contribution in [2.75, 3.05) is 7.11 Å². The topological polar surface area (TPSA) is 58.7 Å². The summed E-state index contributed by atoms with van der Waals surface area (Å²) in [6.07, 6.45) is 5.51. The van der Waals surface area contributed by atoms with Crippen molar-refractivity contribution in [2.24, 2.45) is 0 Å². The van der Waals surface area contributed by atoms with Crippen LogP contribution in [0.4, 0.5) is 0 Å². The fraction of sp³-hybridized carbons (Fsp3) is 0.471. The van der Waals surface area contributed by atoms with Gasteiger partial charge in [-0.05, 0) is 24.5 Å². The molecule has 1 aromatic carbocycles. The molecule has 1 atom stereocenters. The van der Waals surface area contributed by atoms with Gasteiger partial charge in [0.2, 0.25) is 0 Å². The summed E-state index contributed by atoms with van der Waals surface area (Å²) >= 11 is 0. The molecule has 0 radical (unpaired) electrons. The van der Waals surface area contributed by atoms with Crippen LogP contribution in [0.15, 0.2) is 24.3 Å². The van der Waals surface area contributed by atoms with E-state index in [2.05, 4.69) is 34.6 Å². The van der Waals surface area contributed by atoms with Crippen LogP contribution in [0.25, 0.3) is 10.9 Å². The van der Waals surface area contributed by atoms with Gasteiger partial charge in [-0.1, -0.05) is 18.2 Å². The number of esters is 1. The van der Waals surface area contributed by atoms with E-state index in [0.717, 1.165) is 19.3 Å². The quantitative estimate of drug-likeness (QED) is 0.782. The zero-order chi connectivity index (χ0) is 14.4. The lowest BCUT2D eigenvalue weighted by Gasteiger charge is -2.35. The lowest BCUT2D eigenvalue weighted by molar-refractivity contribution is -0.759. The van der Waals surface area contributed by atoms with E-state index in [4.69, 9.17) is 4.74 Å². The first-order valence-electron chi connectivity index (χ1n) is 7.77. The highest BCUT2D eigenvalue weighted by Crippen LogP contribution is 2.41. The molecular weight excluding hydrogens is 264 g/mol. The van der Waals surface area contributed by atoms with E-state index in [1.54, 1.807) is 0 Å². The maximum atomic E-state index is 12.1. The second-order valence-corrected chi connectivity index (χ2v) is 6.39. The molecule has 4 nitrogen and oxygen atoms in total. The molecule has 4 rings (SSSR count). The second kappa shape index (κ2) is 4.60. The summed E-state index contributed by atoms with van der Waals surface area (Å²) in [4.78, 5) is 15.8. The highest BCUT2D eigenvalue weighted by Gasteiger charge is 2.49. The number of para-hydroxylation sites is 1. The number of aromatic nitrogens is 1. The summed E-state index contributed by atoms with van der Waals surface area (Å²) < 4.78 is 5.02. The summed E-state index contributed by atoms with van der Waals surface area (Å²) in [5.74, 6) is -0.0998. The molecule has 21 heavy (non-hydrogen) atoms. The standard InChI is InChI=1S/C17H20N2O2/c1-21-16(20)14-10-12-11-6-2-3-7-13(11)18-15(12)17(19-14)8-4-5-9-17/h2-3,6-7,14,18-19H,4-5,8-10H2,1H3/p+1/t14-/m1/s1. The van der Waals surface area contributed by atoms with E-state index in [-0.39, 0.29) is 17.6 Å². The van der Waals surface area contributed by atoms with Gasteiger partial charge in [-0.25, -0.2) is 4.79 Å². The summed E-state index contributed by atoms with van der Waals surface area (Å²) in [5, 5.41) is 3.53. The lowest BCUT2D eigenvalue weighted by atomic mass is 9.82. The van der Waals surface area contributed by atoms with Crippen LogP contribution >= 0.6 is 0 Å². The van der Waals surface area contributed by atoms with Crippen molar-refractivity contribution in [3.8, 4) is 0 Å². The number of benzene rings is 1. The average molecular weight is 285 g/mol. The van der Waals surface area contributed by atoms with Crippen LogP contribution < -0.4 is 5.32 Å². The number of nitrogens with two attached hydrogens (primary N) is 1. The molecule has 0 bridgehead atoms. The van der Waals surface area contributed by atoms with E-state index in [1.807, 2.05) is 0 Å². The Morgan fingerprint density at radius 1 is 1.33 bits per heavy atom. The third kappa shape index (κ3) is 1.82. The number of quaternary nitrogens is 1. The highest BCUT2D eigenvalue weighted by molar-refractivity contribution is 5.86. The summed E-state index contributed by atoms with van der Waals surface area (Å²) in [6, 6.07) is 8.31. The van der Waals surface area contributed by atoms with Crippen molar-refractivity contribution in [3.63, 3.8) is 0 Å². The van der Waals surface area contributed by atoms with Gasteiger partial charge >= 0.3 is 5.97 Å². The predicted octanol–water partition coefficient (Wildman–Crippen LogP) is 1.60. The summed E-state index contributed by atoms with van der Waals surface area (Å²) in [7, 11) is 1.49. The average Bonchev–Trinajstić information content (AvgIpc) is 3.12. The van der Waals surface area contributed by atoms with Crippen LogP contribution in [0, 0.1) is 0 Å². The Morgan fingerprint density at radius 3 is 2.86 bits per heavy atom. The molecule has 0 unspecified atom stereocenters. The van der Waals surface area contributed by atoms with Crippen LogP contribution in [0.2, 0.25) is 0 Å². The number of nitrogens with one attached hydrogen (secondary N) is 1. The Bertz CT molecular complexity index is 698. The van der Waals surface area contributed by atoms with E-state index < -0.39 is 0 Å². The van der Waals surface area contributed by atoms with Gasteiger partial charge in [0.1, 0.15) is 5.54 Å². The van der Waals surface area contributed by atoms with Gasteiger partial charge < -0.3 is 15.0 Å². The number of fused-ring (bicyclic) bond motifs is 4. The maximum absolute atomic E-state index is 12.1. The van der Waals surface area contributed by atoms with Crippen LogP contribution in [-0.2, 0) is 21.5 Å². The van der Waals surface area contributed by atoms with Crippen molar-refractivity contribution in [1.82, 2.24) is 4.98 Å². The highest BCUT2D eigenvalue weighted by atomic mass is 16.5. The number of rotatable bonds is 1. The van der Waals surface area contributed by atoms with E-state index in [0.29, 0.717) is 0 Å². The Morgan fingerprint density at radius 2 is 2.10 bits per heavy atom. The van der Waals surface area contributed by atoms with Gasteiger partial charge in [0.25, 0.3) is 0 Å². The monoisotopic (exact) mass is 285 g/mol. The molecule has 0 amide bonds. The zero-order valence-corrected chi connectivity index (χ0v) is 12.3. The number of aromatic amines is 1. The molecule has 2 aliphatic rings. The van der Waals surface area contributed by atoms with E-state index in [9.17, 15) is 4.79 Å². The van der Waals surface area contributed by atoms with Gasteiger partial charge in [-0.3, -0.25) is 0 Å². The minimum Gasteiger partial charge on any atom is -0.465 e. The Kier molecular flexibility index (Phi) is 2.82. The molecule has 4 heteroatoms. The van der Waals surface area contributed by atoms with Crippen molar-refractivity contribution in [2.45, 2.75) is 43.7 Å². The van der Waals surface area contributed by atoms with Crippen LogP contribution in [-0.4, -0.2) is 24.1 Å². The number of methoxy groups -OCH3 is 1. The van der Waals surface area contributed by atoms with Crippen molar-refractivity contribution in [1.29, 1.82) is 0 Å². The van der Waals surface area contributed by atoms with Crippen molar-refractivity contribution >= 4 is 16.9 Å². The molecule has 3 N–H and O–H groups in total. The van der Waals surface area contributed by atoms with E-state index >= 15 is 0 Å². The molecule has 1 aliphatic heterocycles. The molecule has 2 aromatic rings. The van der Waals surface area contributed by atoms with Crippen molar-refractivity contribution in [3.05, 3.63) is 35.5 Å². The lowest BCUT2D eigenvalue weighted by Crippen LogP contribution is -3.02. The molecule has 1 saturated carbocycles. The van der Waals surface area contributed by atoms with Gasteiger partial charge in [0.15, 0.2) is 6.04 Å². The third-order valence-electron chi connectivity index (χ3n) is 5.26. The molecule has 2 heterocycles. The third-order valence-corrected chi connectivity index (χ3v) is 5.26. The fourth-order valence-corrected chi connectivity index (χ4v) is 4.31. The first-order chi connectivity index (χ1) is 10.2. The largest absolute Gasteiger partial charge is 0.465 e. The fourth-order valence-electron chi connectivity index (χ4n) is 4.31. The molecule has 1 aliphatic carbocycles. The SMILES string of the molecule is COC(=O)[C@H]1Cc2c([nH]c3ccccc23)C2(CCCC2)[NH2+]1. The van der Waals surface area contributed by atoms with Crippen LogP contribution in [0.3, 0.4) is 0 Å².